The monoisotopic (exact) mass is 257 g/mol. The van der Waals surface area contributed by atoms with Gasteiger partial charge in [-0.3, -0.25) is 0 Å². The van der Waals surface area contributed by atoms with Crippen molar-refractivity contribution < 1.29 is 4.79 Å². The first-order chi connectivity index (χ1) is 9.02. The maximum absolute atomic E-state index is 10.7. The normalized spacial score (nSPS) is 18.1. The summed E-state index contributed by atoms with van der Waals surface area (Å²) in [5.41, 5.74) is 2.63. The fourth-order valence-electron chi connectivity index (χ4n) is 2.96. The second-order valence-electron chi connectivity index (χ2n) is 6.58. The molecule has 1 aromatic carbocycles. The number of rotatable bonds is 3. The van der Waals surface area contributed by atoms with Gasteiger partial charge < -0.3 is 0 Å². The molecule has 1 aromatic rings. The minimum Gasteiger partial charge on any atom is -0.211 e. The van der Waals surface area contributed by atoms with E-state index in [9.17, 15) is 4.79 Å². The Kier molecular flexibility index (Phi) is 4.21. The average molecular weight is 257 g/mol. The van der Waals surface area contributed by atoms with E-state index in [1.165, 1.54) is 31.2 Å². The quantitative estimate of drug-likeness (QED) is 0.577. The summed E-state index contributed by atoms with van der Waals surface area (Å²) in [6, 6.07) is 8.60. The van der Waals surface area contributed by atoms with E-state index < -0.39 is 0 Å². The topological polar surface area (TPSA) is 29.4 Å². The van der Waals surface area contributed by atoms with E-state index in [0.717, 1.165) is 5.56 Å². The van der Waals surface area contributed by atoms with Gasteiger partial charge in [0.05, 0.1) is 6.04 Å². The van der Waals surface area contributed by atoms with E-state index in [4.69, 9.17) is 0 Å². The molecule has 0 aromatic heterocycles. The number of carbonyl (C=O) groups excluding carboxylic acids is 1. The number of hydrogen-bond donors (Lipinski definition) is 0. The molecule has 0 heterocycles. The lowest BCUT2D eigenvalue weighted by Crippen LogP contribution is -2.12. The highest BCUT2D eigenvalue weighted by Gasteiger charge is 2.26. The van der Waals surface area contributed by atoms with Crippen molar-refractivity contribution >= 4 is 6.08 Å². The van der Waals surface area contributed by atoms with E-state index in [0.29, 0.717) is 5.92 Å². The summed E-state index contributed by atoms with van der Waals surface area (Å²) < 4.78 is 0. The Morgan fingerprint density at radius 2 is 1.74 bits per heavy atom. The third kappa shape index (κ3) is 3.33. The van der Waals surface area contributed by atoms with Gasteiger partial charge in [-0.25, -0.2) is 4.79 Å². The molecule has 2 nitrogen and oxygen atoms in total. The van der Waals surface area contributed by atoms with Crippen molar-refractivity contribution in [1.82, 2.24) is 0 Å². The zero-order valence-electron chi connectivity index (χ0n) is 12.1. The van der Waals surface area contributed by atoms with Gasteiger partial charge >= 0.3 is 0 Å². The number of nitrogens with zero attached hydrogens (tertiary/aromatic N) is 1. The Bertz CT molecular complexity index is 457. The number of hydrogen-bond acceptors (Lipinski definition) is 2. The smallest absolute Gasteiger partial charge is 0.211 e. The van der Waals surface area contributed by atoms with Gasteiger partial charge in [0.15, 0.2) is 0 Å². The molecule has 0 spiro atoms. The molecule has 0 bridgehead atoms. The molecule has 102 valence electrons. The third-order valence-electron chi connectivity index (χ3n) is 4.16. The van der Waals surface area contributed by atoms with Crippen LogP contribution in [0.4, 0.5) is 0 Å². The van der Waals surface area contributed by atoms with Crippen LogP contribution in [0.25, 0.3) is 0 Å². The van der Waals surface area contributed by atoms with E-state index in [2.05, 4.69) is 50.0 Å². The summed E-state index contributed by atoms with van der Waals surface area (Å²) in [5, 5.41) is 0. The zero-order chi connectivity index (χ0) is 13.9. The van der Waals surface area contributed by atoms with E-state index in [-0.39, 0.29) is 11.5 Å². The molecule has 1 fully saturated rings. The molecule has 1 unspecified atom stereocenters. The molecule has 1 aliphatic rings. The van der Waals surface area contributed by atoms with Crippen LogP contribution >= 0.6 is 0 Å². The van der Waals surface area contributed by atoms with Crippen LogP contribution in [-0.4, -0.2) is 6.08 Å². The molecule has 0 aliphatic heterocycles. The fourth-order valence-corrected chi connectivity index (χ4v) is 2.96. The maximum atomic E-state index is 10.7. The first-order valence-electron chi connectivity index (χ1n) is 7.20. The first kappa shape index (κ1) is 14.0. The zero-order valence-corrected chi connectivity index (χ0v) is 12.1. The number of benzene rings is 1. The maximum Gasteiger partial charge on any atom is 0.235 e. The summed E-state index contributed by atoms with van der Waals surface area (Å²) in [6.07, 6.45) is 6.64. The standard InChI is InChI=1S/C17H23NO/c1-17(2,3)15-10-8-14(9-11-15)16(18-12-19)13-6-4-5-7-13/h8-11,13,16H,4-7H2,1-3H3. The van der Waals surface area contributed by atoms with Crippen LogP contribution in [0.3, 0.4) is 0 Å². The van der Waals surface area contributed by atoms with Crippen LogP contribution < -0.4 is 0 Å². The van der Waals surface area contributed by atoms with E-state index >= 15 is 0 Å². The van der Waals surface area contributed by atoms with Crippen molar-refractivity contribution in [3.8, 4) is 0 Å². The summed E-state index contributed by atoms with van der Waals surface area (Å²) in [5.74, 6) is 0.516. The Labute approximate surface area is 115 Å². The highest BCUT2D eigenvalue weighted by molar-refractivity contribution is 5.37. The van der Waals surface area contributed by atoms with Crippen LogP contribution in [0.15, 0.2) is 29.3 Å². The molecule has 0 saturated heterocycles. The van der Waals surface area contributed by atoms with Gasteiger partial charge in [0.2, 0.25) is 6.08 Å². The van der Waals surface area contributed by atoms with Gasteiger partial charge in [-0.1, -0.05) is 57.9 Å². The van der Waals surface area contributed by atoms with Crippen molar-refractivity contribution in [2.45, 2.75) is 57.9 Å². The van der Waals surface area contributed by atoms with E-state index in [1.54, 1.807) is 6.08 Å². The van der Waals surface area contributed by atoms with Crippen LogP contribution in [-0.2, 0) is 10.2 Å². The molecule has 0 amide bonds. The van der Waals surface area contributed by atoms with Gasteiger partial charge in [-0.2, -0.15) is 4.99 Å². The lowest BCUT2D eigenvalue weighted by atomic mass is 9.85. The largest absolute Gasteiger partial charge is 0.235 e. The number of isocyanates is 1. The van der Waals surface area contributed by atoms with Crippen LogP contribution in [0.1, 0.15) is 63.6 Å². The Balaban J connectivity index is 2.24. The van der Waals surface area contributed by atoms with Gasteiger partial charge in [-0.15, -0.1) is 0 Å². The summed E-state index contributed by atoms with van der Waals surface area (Å²) in [6.45, 7) is 6.63. The molecule has 2 heteroatoms. The molecule has 0 N–H and O–H groups in total. The van der Waals surface area contributed by atoms with Crippen molar-refractivity contribution in [1.29, 1.82) is 0 Å². The SMILES string of the molecule is CC(C)(C)c1ccc(C(N=C=O)C2CCCC2)cc1. The molecule has 0 radical (unpaired) electrons. The second-order valence-corrected chi connectivity index (χ2v) is 6.58. The van der Waals surface area contributed by atoms with Crippen molar-refractivity contribution in [3.63, 3.8) is 0 Å². The molecule has 1 aliphatic carbocycles. The lowest BCUT2D eigenvalue weighted by Gasteiger charge is -2.22. The first-order valence-corrected chi connectivity index (χ1v) is 7.20. The summed E-state index contributed by atoms with van der Waals surface area (Å²) in [7, 11) is 0. The van der Waals surface area contributed by atoms with E-state index in [1.807, 2.05) is 0 Å². The Morgan fingerprint density at radius 3 is 2.21 bits per heavy atom. The molecular weight excluding hydrogens is 234 g/mol. The summed E-state index contributed by atoms with van der Waals surface area (Å²) in [4.78, 5) is 14.7. The predicted molar refractivity (Wildman–Crippen MR) is 78.0 cm³/mol. The minimum absolute atomic E-state index is 0.00835. The third-order valence-corrected chi connectivity index (χ3v) is 4.16. The fraction of sp³-hybridized carbons (Fsp3) is 0.588. The molecule has 1 saturated carbocycles. The lowest BCUT2D eigenvalue weighted by molar-refractivity contribution is 0.442. The van der Waals surface area contributed by atoms with Crippen LogP contribution in [0.5, 0.6) is 0 Å². The Morgan fingerprint density at radius 1 is 1.16 bits per heavy atom. The second kappa shape index (κ2) is 5.71. The molecule has 19 heavy (non-hydrogen) atoms. The van der Waals surface area contributed by atoms with Gasteiger partial charge in [0.25, 0.3) is 0 Å². The van der Waals surface area contributed by atoms with Crippen LogP contribution in [0.2, 0.25) is 0 Å². The highest BCUT2D eigenvalue weighted by Crippen LogP contribution is 2.38. The van der Waals surface area contributed by atoms with Gasteiger partial charge in [-0.05, 0) is 35.3 Å². The van der Waals surface area contributed by atoms with Gasteiger partial charge in [0.1, 0.15) is 0 Å². The number of aliphatic imine (C=N–C) groups is 1. The molecule has 1 atom stereocenters. The molecular formula is C17H23NO. The minimum atomic E-state index is 0.00835. The Hall–Kier alpha value is -1.40. The van der Waals surface area contributed by atoms with Gasteiger partial charge in [0, 0.05) is 0 Å². The van der Waals surface area contributed by atoms with Crippen molar-refractivity contribution in [2.75, 3.05) is 0 Å². The van der Waals surface area contributed by atoms with Crippen molar-refractivity contribution in [3.05, 3.63) is 35.4 Å². The summed E-state index contributed by atoms with van der Waals surface area (Å²) >= 11 is 0. The highest BCUT2D eigenvalue weighted by atomic mass is 16.1. The van der Waals surface area contributed by atoms with Crippen molar-refractivity contribution in [2.24, 2.45) is 10.9 Å². The van der Waals surface area contributed by atoms with Crippen LogP contribution in [0, 0.1) is 5.92 Å². The predicted octanol–water partition coefficient (Wildman–Crippen LogP) is 4.55. The average Bonchev–Trinajstić information content (AvgIpc) is 2.89. The molecule has 2 rings (SSSR count).